The molecule has 3 aromatic heterocycles. The zero-order valence-electron chi connectivity index (χ0n) is 13.3. The summed E-state index contributed by atoms with van der Waals surface area (Å²) in [4.78, 5) is 8.78. The summed E-state index contributed by atoms with van der Waals surface area (Å²) in [7, 11) is 1.65. The Morgan fingerprint density at radius 3 is 2.72 bits per heavy atom. The Bertz CT molecular complexity index is 1030. The number of fused-ring (bicyclic) bond motifs is 1. The fourth-order valence-electron chi connectivity index (χ4n) is 2.60. The van der Waals surface area contributed by atoms with Gasteiger partial charge < -0.3 is 10.1 Å². The molecule has 4 rings (SSSR count). The molecule has 0 amide bonds. The lowest BCUT2D eigenvalue weighted by Crippen LogP contribution is -2.03. The number of hydrogen-bond acceptors (Lipinski definition) is 5. The minimum Gasteiger partial charge on any atom is -0.496 e. The molecule has 0 spiro atoms. The van der Waals surface area contributed by atoms with E-state index >= 15 is 0 Å². The van der Waals surface area contributed by atoms with Crippen molar-refractivity contribution >= 4 is 33.1 Å². The number of pyridine rings is 1. The quantitative estimate of drug-likeness (QED) is 0.557. The fraction of sp³-hybridized carbons (Fsp3) is 0.0556. The molecule has 0 aliphatic rings. The lowest BCUT2D eigenvalue weighted by atomic mass is 10.1. The highest BCUT2D eigenvalue weighted by molar-refractivity contribution is 9.10. The number of nitrogens with zero attached hydrogens (tertiary/aromatic N) is 4. The van der Waals surface area contributed by atoms with E-state index in [0.29, 0.717) is 0 Å². The van der Waals surface area contributed by atoms with Gasteiger partial charge in [-0.05, 0) is 40.2 Å². The van der Waals surface area contributed by atoms with E-state index in [1.807, 2.05) is 42.5 Å². The number of anilines is 2. The monoisotopic (exact) mass is 395 g/mol. The first-order chi connectivity index (χ1) is 12.3. The van der Waals surface area contributed by atoms with Crippen LogP contribution in [-0.2, 0) is 0 Å². The SMILES string of the molecule is COc1ccccc1-c1cc(Nc2ccncc2)n2ncc(Br)c2n1. The van der Waals surface area contributed by atoms with Crippen LogP contribution in [0.4, 0.5) is 11.5 Å². The van der Waals surface area contributed by atoms with Crippen LogP contribution in [0.15, 0.2) is 65.5 Å². The third-order valence-electron chi connectivity index (χ3n) is 3.76. The van der Waals surface area contributed by atoms with Gasteiger partial charge in [0.15, 0.2) is 5.65 Å². The van der Waals surface area contributed by atoms with Crippen molar-refractivity contribution < 1.29 is 4.74 Å². The predicted molar refractivity (Wildman–Crippen MR) is 100 cm³/mol. The number of para-hydroxylation sites is 1. The summed E-state index contributed by atoms with van der Waals surface area (Å²) in [5.41, 5.74) is 3.35. The third kappa shape index (κ3) is 2.94. The highest BCUT2D eigenvalue weighted by atomic mass is 79.9. The van der Waals surface area contributed by atoms with Crippen molar-refractivity contribution in [3.8, 4) is 17.0 Å². The average molecular weight is 396 g/mol. The van der Waals surface area contributed by atoms with Crippen LogP contribution in [0.25, 0.3) is 16.9 Å². The Morgan fingerprint density at radius 2 is 1.92 bits per heavy atom. The molecule has 0 unspecified atom stereocenters. The molecular formula is C18H14BrN5O. The number of aromatic nitrogens is 4. The van der Waals surface area contributed by atoms with Gasteiger partial charge in [0.1, 0.15) is 11.6 Å². The van der Waals surface area contributed by atoms with Gasteiger partial charge in [-0.25, -0.2) is 4.98 Å². The van der Waals surface area contributed by atoms with E-state index in [1.54, 1.807) is 30.2 Å². The molecule has 0 saturated carbocycles. The minimum atomic E-state index is 0.722. The van der Waals surface area contributed by atoms with E-state index in [0.717, 1.165) is 38.6 Å². The molecule has 0 fully saturated rings. The molecule has 0 atom stereocenters. The number of methoxy groups -OCH3 is 1. The maximum Gasteiger partial charge on any atom is 0.172 e. The summed E-state index contributed by atoms with van der Waals surface area (Å²) in [5, 5.41) is 7.76. The van der Waals surface area contributed by atoms with Gasteiger partial charge in [0, 0.05) is 29.7 Å². The largest absolute Gasteiger partial charge is 0.496 e. The summed E-state index contributed by atoms with van der Waals surface area (Å²) >= 11 is 3.51. The number of hydrogen-bond donors (Lipinski definition) is 1. The van der Waals surface area contributed by atoms with E-state index in [2.05, 4.69) is 31.3 Å². The molecule has 1 aromatic carbocycles. The molecule has 3 heterocycles. The van der Waals surface area contributed by atoms with Crippen LogP contribution >= 0.6 is 15.9 Å². The Hall–Kier alpha value is -2.93. The van der Waals surface area contributed by atoms with Crippen molar-refractivity contribution in [3.05, 3.63) is 65.5 Å². The molecular weight excluding hydrogens is 382 g/mol. The van der Waals surface area contributed by atoms with Crippen molar-refractivity contribution in [2.75, 3.05) is 12.4 Å². The van der Waals surface area contributed by atoms with Gasteiger partial charge in [0.25, 0.3) is 0 Å². The van der Waals surface area contributed by atoms with Crippen LogP contribution in [0.2, 0.25) is 0 Å². The third-order valence-corrected chi connectivity index (χ3v) is 4.32. The molecule has 0 bridgehead atoms. The smallest absolute Gasteiger partial charge is 0.172 e. The highest BCUT2D eigenvalue weighted by Gasteiger charge is 2.14. The normalized spacial score (nSPS) is 10.8. The van der Waals surface area contributed by atoms with Crippen molar-refractivity contribution in [1.29, 1.82) is 0 Å². The highest BCUT2D eigenvalue weighted by Crippen LogP contribution is 2.32. The molecule has 6 nitrogen and oxygen atoms in total. The summed E-state index contributed by atoms with van der Waals surface area (Å²) < 4.78 is 8.05. The maximum absolute atomic E-state index is 5.48. The maximum atomic E-state index is 5.48. The number of nitrogens with one attached hydrogen (secondary N) is 1. The van der Waals surface area contributed by atoms with Crippen molar-refractivity contribution in [2.45, 2.75) is 0 Å². The Kier molecular flexibility index (Phi) is 4.07. The second-order valence-corrected chi connectivity index (χ2v) is 6.17. The summed E-state index contributed by atoms with van der Waals surface area (Å²) in [6.07, 6.45) is 5.20. The first-order valence-corrected chi connectivity index (χ1v) is 8.40. The van der Waals surface area contributed by atoms with Gasteiger partial charge in [0.2, 0.25) is 0 Å². The van der Waals surface area contributed by atoms with Crippen LogP contribution in [0.3, 0.4) is 0 Å². The van der Waals surface area contributed by atoms with Gasteiger partial charge in [-0.3, -0.25) is 4.98 Å². The standard InChI is InChI=1S/C18H14BrN5O/c1-25-16-5-3-2-4-13(16)15-10-17(22-12-6-8-20-9-7-12)24-18(23-15)14(19)11-21-24/h2-11H,1H3,(H,20,22). The van der Waals surface area contributed by atoms with Crippen LogP contribution in [0, 0.1) is 0 Å². The molecule has 0 aliphatic heterocycles. The first kappa shape index (κ1) is 15.6. The molecule has 25 heavy (non-hydrogen) atoms. The Morgan fingerprint density at radius 1 is 1.12 bits per heavy atom. The molecule has 0 saturated heterocycles. The topological polar surface area (TPSA) is 64.3 Å². The minimum absolute atomic E-state index is 0.722. The number of rotatable bonds is 4. The van der Waals surface area contributed by atoms with Gasteiger partial charge in [-0.1, -0.05) is 12.1 Å². The van der Waals surface area contributed by atoms with Gasteiger partial charge in [-0.15, -0.1) is 0 Å². The van der Waals surface area contributed by atoms with Crippen LogP contribution < -0.4 is 10.1 Å². The number of ether oxygens (including phenoxy) is 1. The van der Waals surface area contributed by atoms with Crippen molar-refractivity contribution in [1.82, 2.24) is 19.6 Å². The van der Waals surface area contributed by atoms with Gasteiger partial charge >= 0.3 is 0 Å². The second-order valence-electron chi connectivity index (χ2n) is 5.32. The average Bonchev–Trinajstić information content (AvgIpc) is 3.04. The number of halogens is 1. The van der Waals surface area contributed by atoms with Crippen LogP contribution in [0.5, 0.6) is 5.75 Å². The molecule has 4 aromatic rings. The zero-order valence-corrected chi connectivity index (χ0v) is 14.9. The van der Waals surface area contributed by atoms with Gasteiger partial charge in [-0.2, -0.15) is 9.61 Å². The Labute approximate surface area is 152 Å². The zero-order chi connectivity index (χ0) is 17.2. The van der Waals surface area contributed by atoms with Crippen molar-refractivity contribution in [3.63, 3.8) is 0 Å². The molecule has 7 heteroatoms. The van der Waals surface area contributed by atoms with E-state index in [1.165, 1.54) is 0 Å². The molecule has 124 valence electrons. The lowest BCUT2D eigenvalue weighted by molar-refractivity contribution is 0.416. The molecule has 0 radical (unpaired) electrons. The summed E-state index contributed by atoms with van der Waals surface area (Å²) in [6.45, 7) is 0. The molecule has 1 N–H and O–H groups in total. The van der Waals surface area contributed by atoms with E-state index < -0.39 is 0 Å². The molecule has 0 aliphatic carbocycles. The summed E-state index contributed by atoms with van der Waals surface area (Å²) in [5.74, 6) is 1.56. The Balaban J connectivity index is 1.90. The van der Waals surface area contributed by atoms with Crippen molar-refractivity contribution in [2.24, 2.45) is 0 Å². The lowest BCUT2D eigenvalue weighted by Gasteiger charge is -2.12. The van der Waals surface area contributed by atoms with Crippen LogP contribution in [0.1, 0.15) is 0 Å². The predicted octanol–water partition coefficient (Wildman–Crippen LogP) is 4.31. The fourth-order valence-corrected chi connectivity index (χ4v) is 2.95. The van der Waals surface area contributed by atoms with Gasteiger partial charge in [0.05, 0.1) is 23.5 Å². The first-order valence-electron chi connectivity index (χ1n) is 7.61. The second kappa shape index (κ2) is 6.52. The van der Waals surface area contributed by atoms with Crippen LogP contribution in [-0.4, -0.2) is 26.7 Å². The summed E-state index contributed by atoms with van der Waals surface area (Å²) in [6, 6.07) is 13.5. The van der Waals surface area contributed by atoms with E-state index in [9.17, 15) is 0 Å². The van der Waals surface area contributed by atoms with E-state index in [-0.39, 0.29) is 0 Å². The van der Waals surface area contributed by atoms with E-state index in [4.69, 9.17) is 9.72 Å². The number of benzene rings is 1.